The molecular weight excluding hydrogens is 975 g/mol. The van der Waals surface area contributed by atoms with E-state index in [2.05, 4.69) is 123 Å². The lowest BCUT2D eigenvalue weighted by molar-refractivity contribution is 0.443. The maximum absolute atomic E-state index is 13.3. The van der Waals surface area contributed by atoms with Gasteiger partial charge in [-0.2, -0.15) is 44.7 Å². The molecule has 19 nitrogen and oxygen atoms in total. The molecule has 0 aliphatic heterocycles. The normalized spacial score (nSPS) is 14.0. The summed E-state index contributed by atoms with van der Waals surface area (Å²) in [6.45, 7) is 34.1. The predicted octanol–water partition coefficient (Wildman–Crippen LogP) is 12.1. The summed E-state index contributed by atoms with van der Waals surface area (Å²) in [5, 5.41) is 29.2. The van der Waals surface area contributed by atoms with E-state index in [0.717, 1.165) is 51.4 Å². The van der Waals surface area contributed by atoms with Gasteiger partial charge in [0.05, 0.1) is 33.4 Å². The van der Waals surface area contributed by atoms with Crippen LogP contribution in [0, 0.1) is 11.8 Å². The fourth-order valence-corrected chi connectivity index (χ4v) is 10.7. The van der Waals surface area contributed by atoms with Crippen molar-refractivity contribution >= 4 is 48.7 Å². The Morgan fingerprint density at radius 1 is 0.676 bits per heavy atom. The SMILES string of the molecule is C/C=C(\C=C/C/N=N/c1c(C(C)(C)C)nn(-c2ncnc(-n3nc(C(C)(C)C)c(/N=N/c4ccc(S(=O)(=O)NCC(CC)CCCC)cc4)c3N(CC)CC)n2)c1N(CC)CC)S(=O)(=O)NCC(CC)CCCC. The second-order valence-electron chi connectivity index (χ2n) is 20.5. The quantitative estimate of drug-likeness (QED) is 0.0369. The van der Waals surface area contributed by atoms with Crippen molar-refractivity contribution in [2.45, 2.75) is 171 Å². The third-order valence-electron chi connectivity index (χ3n) is 13.0. The second kappa shape index (κ2) is 28.0. The van der Waals surface area contributed by atoms with E-state index in [0.29, 0.717) is 79.4 Å². The highest BCUT2D eigenvalue weighted by molar-refractivity contribution is 7.93. The summed E-state index contributed by atoms with van der Waals surface area (Å²) in [6.07, 6.45) is 14.3. The molecule has 1 aromatic carbocycles. The Bertz CT molecular complexity index is 2740. The van der Waals surface area contributed by atoms with Crippen LogP contribution in [-0.4, -0.2) is 97.2 Å². The molecular formula is C53H87N15O4S2. The van der Waals surface area contributed by atoms with Gasteiger partial charge in [0.25, 0.3) is 11.9 Å². The summed E-state index contributed by atoms with van der Waals surface area (Å²) in [4.78, 5) is 19.0. The lowest BCUT2D eigenvalue weighted by Crippen LogP contribution is -2.29. The summed E-state index contributed by atoms with van der Waals surface area (Å²) in [6, 6.07) is 6.41. The van der Waals surface area contributed by atoms with Crippen molar-refractivity contribution < 1.29 is 16.8 Å². The van der Waals surface area contributed by atoms with Gasteiger partial charge >= 0.3 is 0 Å². The number of azo groups is 2. The molecule has 0 amide bonds. The van der Waals surface area contributed by atoms with Crippen molar-refractivity contribution in [3.8, 4) is 11.9 Å². The van der Waals surface area contributed by atoms with Crippen molar-refractivity contribution in [3.05, 3.63) is 65.1 Å². The topological polar surface area (TPSA) is 223 Å². The summed E-state index contributed by atoms with van der Waals surface area (Å²) in [5.74, 6) is 2.29. The average molecular weight is 1060 g/mol. The third kappa shape index (κ3) is 16.1. The van der Waals surface area contributed by atoms with E-state index in [1.54, 1.807) is 58.8 Å². The molecule has 0 saturated heterocycles. The Morgan fingerprint density at radius 3 is 1.58 bits per heavy atom. The molecule has 21 heteroatoms. The molecule has 0 spiro atoms. The third-order valence-corrected chi connectivity index (χ3v) is 16.0. The highest BCUT2D eigenvalue weighted by atomic mass is 32.2. The summed E-state index contributed by atoms with van der Waals surface area (Å²) < 4.78 is 62.2. The fourth-order valence-electron chi connectivity index (χ4n) is 8.35. The molecule has 3 heterocycles. The number of rotatable bonds is 30. The number of anilines is 2. The van der Waals surface area contributed by atoms with Crippen molar-refractivity contribution in [2.75, 3.05) is 55.6 Å². The van der Waals surface area contributed by atoms with E-state index < -0.39 is 30.9 Å². The number of hydrogen-bond acceptors (Lipinski definition) is 15. The Kier molecular flexibility index (Phi) is 23.2. The van der Waals surface area contributed by atoms with Gasteiger partial charge in [-0.15, -0.1) is 10.2 Å². The number of sulfonamides is 2. The lowest BCUT2D eigenvalue weighted by Gasteiger charge is -2.23. The van der Waals surface area contributed by atoms with Gasteiger partial charge < -0.3 is 9.80 Å². The van der Waals surface area contributed by atoms with Crippen LogP contribution < -0.4 is 19.2 Å². The van der Waals surface area contributed by atoms with Crippen LogP contribution in [0.3, 0.4) is 0 Å². The lowest BCUT2D eigenvalue weighted by atomic mass is 9.91. The summed E-state index contributed by atoms with van der Waals surface area (Å²) >= 11 is 0. The Balaban J connectivity index is 1.79. The van der Waals surface area contributed by atoms with Gasteiger partial charge in [-0.1, -0.05) is 120 Å². The zero-order valence-corrected chi connectivity index (χ0v) is 48.8. The van der Waals surface area contributed by atoms with Gasteiger partial charge in [-0.3, -0.25) is 0 Å². The fraction of sp³-hybridized carbons (Fsp3) is 0.642. The molecule has 3 aromatic heterocycles. The minimum absolute atomic E-state index is 0.121. The first-order chi connectivity index (χ1) is 35.1. The highest BCUT2D eigenvalue weighted by Gasteiger charge is 2.34. The molecule has 2 unspecified atom stereocenters. The van der Waals surface area contributed by atoms with Crippen LogP contribution in [0.15, 0.2) is 79.1 Å². The molecule has 0 saturated carbocycles. The summed E-state index contributed by atoms with van der Waals surface area (Å²) in [5.41, 5.74) is 1.87. The maximum atomic E-state index is 13.3. The van der Waals surface area contributed by atoms with Gasteiger partial charge in [0.2, 0.25) is 20.0 Å². The second-order valence-corrected chi connectivity index (χ2v) is 24.1. The molecule has 0 aliphatic rings. The Morgan fingerprint density at radius 2 is 1.15 bits per heavy atom. The minimum atomic E-state index is -3.72. The van der Waals surface area contributed by atoms with Crippen molar-refractivity contribution in [2.24, 2.45) is 32.3 Å². The Hall–Kier alpha value is -5.25. The van der Waals surface area contributed by atoms with Crippen molar-refractivity contribution in [3.63, 3.8) is 0 Å². The number of unbranched alkanes of at least 4 members (excludes halogenated alkanes) is 2. The largest absolute Gasteiger partial charge is 0.355 e. The van der Waals surface area contributed by atoms with Gasteiger partial charge in [0.1, 0.15) is 6.33 Å². The van der Waals surface area contributed by atoms with Crippen LogP contribution in [0.5, 0.6) is 0 Å². The average Bonchev–Trinajstić information content (AvgIpc) is 3.95. The van der Waals surface area contributed by atoms with Crippen LogP contribution >= 0.6 is 0 Å². The predicted molar refractivity (Wildman–Crippen MR) is 300 cm³/mol. The molecule has 0 radical (unpaired) electrons. The number of nitrogens with one attached hydrogen (secondary N) is 2. The molecule has 2 atom stereocenters. The number of benzene rings is 1. The van der Waals surface area contributed by atoms with Crippen LogP contribution in [0.25, 0.3) is 11.9 Å². The van der Waals surface area contributed by atoms with Gasteiger partial charge in [0, 0.05) is 50.1 Å². The van der Waals surface area contributed by atoms with E-state index in [1.165, 1.54) is 6.33 Å². The number of allylic oxidation sites excluding steroid dienone is 2. The van der Waals surface area contributed by atoms with E-state index in [9.17, 15) is 16.8 Å². The molecule has 0 aliphatic carbocycles. The van der Waals surface area contributed by atoms with Gasteiger partial charge in [-0.25, -0.2) is 26.3 Å². The van der Waals surface area contributed by atoms with Gasteiger partial charge in [-0.05, 0) is 89.6 Å². The molecule has 410 valence electrons. The first-order valence-electron chi connectivity index (χ1n) is 26.8. The van der Waals surface area contributed by atoms with Crippen LogP contribution in [-0.2, 0) is 30.9 Å². The molecule has 0 bridgehead atoms. The summed E-state index contributed by atoms with van der Waals surface area (Å²) in [7, 11) is -7.43. The first-order valence-corrected chi connectivity index (χ1v) is 29.7. The van der Waals surface area contributed by atoms with Crippen LogP contribution in [0.4, 0.5) is 28.7 Å². The van der Waals surface area contributed by atoms with Gasteiger partial charge in [0.15, 0.2) is 23.0 Å². The van der Waals surface area contributed by atoms with Crippen molar-refractivity contribution in [1.82, 2.24) is 44.0 Å². The smallest absolute Gasteiger partial charge is 0.257 e. The molecule has 0 fully saturated rings. The minimum Gasteiger partial charge on any atom is -0.355 e. The van der Waals surface area contributed by atoms with E-state index in [4.69, 9.17) is 25.4 Å². The molecule has 2 N–H and O–H groups in total. The first kappa shape index (κ1) is 61.3. The Labute approximate surface area is 443 Å². The van der Waals surface area contributed by atoms with Crippen LogP contribution in [0.2, 0.25) is 0 Å². The van der Waals surface area contributed by atoms with E-state index >= 15 is 0 Å². The zero-order valence-electron chi connectivity index (χ0n) is 47.1. The number of nitrogens with zero attached hydrogens (tertiary/aromatic N) is 13. The monoisotopic (exact) mass is 1060 g/mol. The molecule has 74 heavy (non-hydrogen) atoms. The van der Waals surface area contributed by atoms with E-state index in [1.807, 2.05) is 13.8 Å². The highest BCUT2D eigenvalue weighted by Crippen LogP contribution is 2.43. The number of hydrogen-bond donors (Lipinski definition) is 2. The zero-order chi connectivity index (χ0) is 54.9. The maximum Gasteiger partial charge on any atom is 0.257 e. The standard InChI is InChI=1S/C53H87N15O4S2/c1-16-25-28-39(18-3)36-57-73(69,70)42(20-5)30-27-35-56-61-44-46(52(10,11)12)63-67(48(44)65(21-6)22-7)50-54-38-55-51(59-50)68-49(66(23-8)24-9)45(47(64-68)53(13,14)15)62-60-41-31-33-43(34-32-41)74(71,72)58-37-40(19-4)29-26-17-2/h20,27,30-34,38-40,57-58H,16-19,21-26,28-29,35-37H2,1-15H3/b30-27-,42-20+,61-56+,62-60+. The van der Waals surface area contributed by atoms with Crippen LogP contribution in [0.1, 0.15) is 167 Å². The van der Waals surface area contributed by atoms with Crippen molar-refractivity contribution in [1.29, 1.82) is 0 Å². The number of aromatic nitrogens is 7. The molecule has 4 rings (SSSR count). The van der Waals surface area contributed by atoms with E-state index in [-0.39, 0.29) is 40.1 Å². The molecule has 4 aromatic rings.